The zero-order valence-electron chi connectivity index (χ0n) is 14.7. The van der Waals surface area contributed by atoms with Gasteiger partial charge < -0.3 is 4.90 Å². The molecule has 3 aromatic rings. The van der Waals surface area contributed by atoms with E-state index < -0.39 is 0 Å². The molecule has 2 aromatic heterocycles. The fourth-order valence-corrected chi connectivity index (χ4v) is 4.01. The Morgan fingerprint density at radius 2 is 1.85 bits per heavy atom. The highest BCUT2D eigenvalue weighted by Crippen LogP contribution is 2.25. The SMILES string of the molecule is Fc1ccc(CCN2CCN(c3nc(-c4cncc(Cl)c4)ns3)CC2)cc1. The molecule has 0 radical (unpaired) electrons. The van der Waals surface area contributed by atoms with Gasteiger partial charge in [0.1, 0.15) is 5.82 Å². The number of nitrogens with zero attached hydrogens (tertiary/aromatic N) is 5. The number of rotatable bonds is 5. The minimum atomic E-state index is -0.183. The number of pyridine rings is 1. The third-order valence-corrected chi connectivity index (χ3v) is 5.63. The fourth-order valence-electron chi connectivity index (χ4n) is 3.10. The van der Waals surface area contributed by atoms with Crippen LogP contribution in [0.1, 0.15) is 5.56 Å². The Morgan fingerprint density at radius 3 is 2.59 bits per heavy atom. The van der Waals surface area contributed by atoms with Crippen LogP contribution in [0.15, 0.2) is 42.7 Å². The van der Waals surface area contributed by atoms with Gasteiger partial charge in [0, 0.05) is 62.2 Å². The van der Waals surface area contributed by atoms with Crippen molar-refractivity contribution in [1.82, 2.24) is 19.2 Å². The van der Waals surface area contributed by atoms with E-state index in [1.54, 1.807) is 12.4 Å². The molecule has 0 saturated carbocycles. The van der Waals surface area contributed by atoms with Crippen molar-refractivity contribution in [2.24, 2.45) is 0 Å². The molecule has 0 aliphatic carbocycles. The largest absolute Gasteiger partial charge is 0.344 e. The Balaban J connectivity index is 1.31. The molecule has 8 heteroatoms. The molecule has 0 atom stereocenters. The molecule has 5 nitrogen and oxygen atoms in total. The van der Waals surface area contributed by atoms with Crippen molar-refractivity contribution in [2.75, 3.05) is 37.6 Å². The van der Waals surface area contributed by atoms with Gasteiger partial charge in [0.2, 0.25) is 5.13 Å². The zero-order chi connectivity index (χ0) is 18.6. The Bertz CT molecular complexity index is 893. The van der Waals surface area contributed by atoms with Crippen LogP contribution in [-0.2, 0) is 6.42 Å². The topological polar surface area (TPSA) is 45.2 Å². The van der Waals surface area contributed by atoms with E-state index in [1.165, 1.54) is 29.2 Å². The van der Waals surface area contributed by atoms with Crippen LogP contribution in [0.2, 0.25) is 5.02 Å². The van der Waals surface area contributed by atoms with Gasteiger partial charge in [-0.2, -0.15) is 9.36 Å². The molecule has 1 saturated heterocycles. The van der Waals surface area contributed by atoms with Gasteiger partial charge in [-0.25, -0.2) is 4.39 Å². The predicted octanol–water partition coefficient (Wildman–Crippen LogP) is 3.76. The van der Waals surface area contributed by atoms with Crippen molar-refractivity contribution in [2.45, 2.75) is 6.42 Å². The lowest BCUT2D eigenvalue weighted by Gasteiger charge is -2.34. The molecule has 0 bridgehead atoms. The summed E-state index contributed by atoms with van der Waals surface area (Å²) in [5.41, 5.74) is 2.01. The molecule has 0 unspecified atom stereocenters. The Morgan fingerprint density at radius 1 is 1.07 bits per heavy atom. The Hall–Kier alpha value is -2.09. The second-order valence-corrected chi connectivity index (χ2v) is 7.66. The van der Waals surface area contributed by atoms with Crippen LogP contribution >= 0.6 is 23.1 Å². The summed E-state index contributed by atoms with van der Waals surface area (Å²) in [5, 5.41) is 1.52. The Labute approximate surface area is 166 Å². The van der Waals surface area contributed by atoms with E-state index in [9.17, 15) is 4.39 Å². The summed E-state index contributed by atoms with van der Waals surface area (Å²) in [6.45, 7) is 4.79. The summed E-state index contributed by atoms with van der Waals surface area (Å²) in [6, 6.07) is 8.59. The zero-order valence-corrected chi connectivity index (χ0v) is 16.3. The van der Waals surface area contributed by atoms with Gasteiger partial charge in [0.15, 0.2) is 5.82 Å². The van der Waals surface area contributed by atoms with Crippen LogP contribution in [0.5, 0.6) is 0 Å². The number of aromatic nitrogens is 3. The number of anilines is 1. The summed E-state index contributed by atoms with van der Waals surface area (Å²) < 4.78 is 17.4. The maximum atomic E-state index is 13.0. The maximum Gasteiger partial charge on any atom is 0.205 e. The Kier molecular flexibility index (Phi) is 5.61. The quantitative estimate of drug-likeness (QED) is 0.649. The van der Waals surface area contributed by atoms with Crippen molar-refractivity contribution >= 4 is 28.3 Å². The molecule has 140 valence electrons. The number of hydrogen-bond acceptors (Lipinski definition) is 6. The first-order valence-electron chi connectivity index (χ1n) is 8.84. The molecule has 0 N–H and O–H groups in total. The molecule has 1 aliphatic rings. The smallest absolute Gasteiger partial charge is 0.205 e. The van der Waals surface area contributed by atoms with Gasteiger partial charge >= 0.3 is 0 Å². The van der Waals surface area contributed by atoms with Gasteiger partial charge in [0.25, 0.3) is 0 Å². The fraction of sp³-hybridized carbons (Fsp3) is 0.316. The molecule has 0 spiro atoms. The lowest BCUT2D eigenvalue weighted by molar-refractivity contribution is 0.261. The van der Waals surface area contributed by atoms with E-state index in [2.05, 4.69) is 24.1 Å². The van der Waals surface area contributed by atoms with Gasteiger partial charge in [-0.05, 0) is 30.2 Å². The van der Waals surface area contributed by atoms with Crippen LogP contribution in [0.4, 0.5) is 9.52 Å². The molecule has 1 aromatic carbocycles. The number of hydrogen-bond donors (Lipinski definition) is 0. The van der Waals surface area contributed by atoms with E-state index in [4.69, 9.17) is 11.6 Å². The predicted molar refractivity (Wildman–Crippen MR) is 107 cm³/mol. The van der Waals surface area contributed by atoms with Crippen molar-refractivity contribution in [3.8, 4) is 11.4 Å². The summed E-state index contributed by atoms with van der Waals surface area (Å²) in [4.78, 5) is 13.5. The van der Waals surface area contributed by atoms with Crippen molar-refractivity contribution in [3.05, 3.63) is 59.1 Å². The maximum absolute atomic E-state index is 13.0. The summed E-state index contributed by atoms with van der Waals surface area (Å²) in [5.74, 6) is 0.487. The minimum Gasteiger partial charge on any atom is -0.344 e. The lowest BCUT2D eigenvalue weighted by Crippen LogP contribution is -2.47. The molecule has 0 amide bonds. The molecule has 27 heavy (non-hydrogen) atoms. The average Bonchev–Trinajstić information content (AvgIpc) is 3.18. The van der Waals surface area contributed by atoms with Crippen molar-refractivity contribution in [3.63, 3.8) is 0 Å². The second-order valence-electron chi connectivity index (χ2n) is 6.50. The third kappa shape index (κ3) is 4.61. The van der Waals surface area contributed by atoms with E-state index in [0.29, 0.717) is 10.8 Å². The standard InChI is InChI=1S/C19H19ClFN5S/c20-16-11-15(12-22-13-16)18-23-19(27-24-18)26-9-7-25(8-10-26)6-5-14-1-3-17(21)4-2-14/h1-4,11-13H,5-10H2. The monoisotopic (exact) mass is 403 g/mol. The number of benzene rings is 1. The summed E-state index contributed by atoms with van der Waals surface area (Å²) >= 11 is 7.41. The first-order chi connectivity index (χ1) is 13.2. The molecular formula is C19H19ClFN5S. The second kappa shape index (κ2) is 8.29. The highest BCUT2D eigenvalue weighted by molar-refractivity contribution is 7.09. The highest BCUT2D eigenvalue weighted by atomic mass is 35.5. The number of halogens is 2. The van der Waals surface area contributed by atoms with Crippen LogP contribution in [0, 0.1) is 5.82 Å². The lowest BCUT2D eigenvalue weighted by atomic mass is 10.1. The van der Waals surface area contributed by atoms with Gasteiger partial charge in [-0.3, -0.25) is 9.88 Å². The summed E-state index contributed by atoms with van der Waals surface area (Å²) in [6.07, 6.45) is 4.26. The highest BCUT2D eigenvalue weighted by Gasteiger charge is 2.20. The van der Waals surface area contributed by atoms with Gasteiger partial charge in [-0.15, -0.1) is 0 Å². The number of piperazine rings is 1. The van der Waals surface area contributed by atoms with Crippen LogP contribution in [-0.4, -0.2) is 52.0 Å². The molecule has 3 heterocycles. The first kappa shape index (κ1) is 18.3. The normalized spacial score (nSPS) is 15.3. The van der Waals surface area contributed by atoms with Crippen LogP contribution < -0.4 is 4.90 Å². The molecule has 1 aliphatic heterocycles. The van der Waals surface area contributed by atoms with E-state index in [1.807, 2.05) is 18.2 Å². The summed E-state index contributed by atoms with van der Waals surface area (Å²) in [7, 11) is 0. The van der Waals surface area contributed by atoms with Crippen molar-refractivity contribution < 1.29 is 4.39 Å². The molecular weight excluding hydrogens is 385 g/mol. The van der Waals surface area contributed by atoms with E-state index in [-0.39, 0.29) is 5.82 Å². The van der Waals surface area contributed by atoms with Gasteiger partial charge in [-0.1, -0.05) is 23.7 Å². The van der Waals surface area contributed by atoms with Gasteiger partial charge in [0.05, 0.1) is 5.02 Å². The molecule has 1 fully saturated rings. The van der Waals surface area contributed by atoms with Crippen LogP contribution in [0.3, 0.4) is 0 Å². The van der Waals surface area contributed by atoms with Crippen LogP contribution in [0.25, 0.3) is 11.4 Å². The van der Waals surface area contributed by atoms with Crippen molar-refractivity contribution in [1.29, 1.82) is 0 Å². The average molecular weight is 404 g/mol. The van der Waals surface area contributed by atoms with E-state index >= 15 is 0 Å². The van der Waals surface area contributed by atoms with E-state index in [0.717, 1.165) is 49.8 Å². The minimum absolute atomic E-state index is 0.183. The molecule has 4 rings (SSSR count). The third-order valence-electron chi connectivity index (χ3n) is 4.65. The first-order valence-corrected chi connectivity index (χ1v) is 9.99.